The van der Waals surface area contributed by atoms with Crippen LogP contribution >= 0.6 is 0 Å². The molecular weight excluding hydrogens is 430 g/mol. The van der Waals surface area contributed by atoms with Crippen LogP contribution < -0.4 is 0 Å². The summed E-state index contributed by atoms with van der Waals surface area (Å²) in [6.07, 6.45) is 5.36. The molecule has 0 bridgehead atoms. The summed E-state index contributed by atoms with van der Waals surface area (Å²) in [5.41, 5.74) is 2.10. The molecule has 0 radical (unpaired) electrons. The zero-order valence-corrected chi connectivity index (χ0v) is 19.4. The zero-order chi connectivity index (χ0) is 22.5. The van der Waals surface area contributed by atoms with Gasteiger partial charge in [-0.15, -0.1) is 0 Å². The molecule has 10 heteroatoms. The Morgan fingerprint density at radius 3 is 2.44 bits per heavy atom. The van der Waals surface area contributed by atoms with E-state index in [0.29, 0.717) is 32.1 Å². The third-order valence-corrected chi connectivity index (χ3v) is 9.19. The second-order valence-corrected chi connectivity index (χ2v) is 11.5. The fraction of sp³-hybridized carbons (Fsp3) is 0.636. The van der Waals surface area contributed by atoms with Crippen LogP contribution in [0.4, 0.5) is 4.79 Å². The van der Waals surface area contributed by atoms with Gasteiger partial charge >= 0.3 is 6.03 Å². The van der Waals surface area contributed by atoms with Crippen LogP contribution in [0.25, 0.3) is 11.0 Å². The van der Waals surface area contributed by atoms with Gasteiger partial charge in [0.15, 0.2) is 0 Å². The van der Waals surface area contributed by atoms with Crippen molar-refractivity contribution in [3.63, 3.8) is 0 Å². The van der Waals surface area contributed by atoms with Crippen LogP contribution in [0, 0.1) is 0 Å². The maximum Gasteiger partial charge on any atom is 0.320 e. The number of hydrogen-bond acceptors (Lipinski definition) is 5. The molecule has 32 heavy (non-hydrogen) atoms. The number of fused-ring (bicyclic) bond motifs is 1. The maximum atomic E-state index is 13.2. The number of urea groups is 1. The highest BCUT2D eigenvalue weighted by Crippen LogP contribution is 2.34. The number of pyridine rings is 1. The largest absolute Gasteiger partial charge is 0.372 e. The Morgan fingerprint density at radius 2 is 1.75 bits per heavy atom. The molecular formula is C22H31N5O4S. The van der Waals surface area contributed by atoms with Crippen LogP contribution in [-0.2, 0) is 14.8 Å². The number of morpholine rings is 1. The van der Waals surface area contributed by atoms with E-state index in [2.05, 4.69) is 16.0 Å². The van der Waals surface area contributed by atoms with Crippen LogP contribution in [0.1, 0.15) is 38.2 Å². The molecule has 2 aromatic rings. The SMILES string of the molecule is C[C@@H]1CN(C(=O)N2CC(S(=O)(=O)N3CCC(c4c[nH]c5ncccc45)CC3)C2)C[C@@H](C)O1. The van der Waals surface area contributed by atoms with Crippen LogP contribution in [-0.4, -0.2) is 95.2 Å². The number of ether oxygens (including phenoxy) is 1. The van der Waals surface area contributed by atoms with Gasteiger partial charge in [0.25, 0.3) is 0 Å². The number of aromatic amines is 1. The standard InChI is InChI=1S/C22H31N5O4S/c1-15-11-25(12-16(2)31-15)22(28)26-13-18(14-26)32(29,30)27-8-5-17(6-9-27)20-10-24-21-19(20)4-3-7-23-21/h3-4,7,10,15-18H,5-6,8-9,11-14H2,1-2H3,(H,23,24)/t15-,16-/m1/s1. The van der Waals surface area contributed by atoms with Gasteiger partial charge < -0.3 is 19.5 Å². The molecule has 5 rings (SSSR count). The van der Waals surface area contributed by atoms with Gasteiger partial charge in [-0.1, -0.05) is 0 Å². The molecule has 0 aromatic carbocycles. The number of sulfonamides is 1. The molecule has 0 aliphatic carbocycles. The van der Waals surface area contributed by atoms with Gasteiger partial charge in [-0.3, -0.25) is 0 Å². The maximum absolute atomic E-state index is 13.2. The molecule has 0 saturated carbocycles. The van der Waals surface area contributed by atoms with E-state index in [1.807, 2.05) is 26.1 Å². The van der Waals surface area contributed by atoms with E-state index in [-0.39, 0.29) is 31.3 Å². The van der Waals surface area contributed by atoms with E-state index in [0.717, 1.165) is 23.9 Å². The zero-order valence-electron chi connectivity index (χ0n) is 18.6. The lowest BCUT2D eigenvalue weighted by Crippen LogP contribution is -2.64. The van der Waals surface area contributed by atoms with Crippen LogP contribution in [0.3, 0.4) is 0 Å². The second kappa shape index (κ2) is 8.31. The Labute approximate surface area is 188 Å². The number of carbonyl (C=O) groups excluding carboxylic acids is 1. The Balaban J connectivity index is 1.17. The average Bonchev–Trinajstić information content (AvgIpc) is 3.16. The minimum Gasteiger partial charge on any atom is -0.372 e. The number of carbonyl (C=O) groups is 1. The predicted molar refractivity (Wildman–Crippen MR) is 121 cm³/mol. The number of H-pyrrole nitrogens is 1. The normalized spacial score (nSPS) is 26.4. The van der Waals surface area contributed by atoms with Crippen molar-refractivity contribution < 1.29 is 17.9 Å². The Morgan fingerprint density at radius 1 is 1.09 bits per heavy atom. The third kappa shape index (κ3) is 3.88. The van der Waals surface area contributed by atoms with Crippen molar-refractivity contribution in [2.24, 2.45) is 0 Å². The number of nitrogens with one attached hydrogen (secondary N) is 1. The number of likely N-dealkylation sites (tertiary alicyclic amines) is 1. The quantitative estimate of drug-likeness (QED) is 0.754. The first kappa shape index (κ1) is 21.7. The number of aromatic nitrogens is 2. The monoisotopic (exact) mass is 461 g/mol. The summed E-state index contributed by atoms with van der Waals surface area (Å²) in [5.74, 6) is 0.323. The number of nitrogens with zero attached hydrogens (tertiary/aromatic N) is 4. The lowest BCUT2D eigenvalue weighted by molar-refractivity contribution is -0.0597. The smallest absolute Gasteiger partial charge is 0.320 e. The van der Waals surface area contributed by atoms with E-state index < -0.39 is 15.3 Å². The molecule has 2 atom stereocenters. The molecule has 0 unspecified atom stereocenters. The van der Waals surface area contributed by atoms with Gasteiger partial charge in [-0.05, 0) is 50.3 Å². The first-order valence-electron chi connectivity index (χ1n) is 11.4. The van der Waals surface area contributed by atoms with E-state index in [4.69, 9.17) is 4.74 Å². The lowest BCUT2D eigenvalue weighted by Gasteiger charge is -2.45. The molecule has 3 saturated heterocycles. The number of amides is 2. The molecule has 3 aliphatic heterocycles. The van der Waals surface area contributed by atoms with Gasteiger partial charge in [-0.2, -0.15) is 0 Å². The molecule has 1 N–H and O–H groups in total. The molecule has 3 fully saturated rings. The van der Waals surface area contributed by atoms with Crippen molar-refractivity contribution in [3.8, 4) is 0 Å². The Bertz CT molecular complexity index is 1080. The summed E-state index contributed by atoms with van der Waals surface area (Å²) in [6.45, 7) is 6.59. The first-order chi connectivity index (χ1) is 15.3. The minimum absolute atomic E-state index is 0.00210. The summed E-state index contributed by atoms with van der Waals surface area (Å²) >= 11 is 0. The Kier molecular flexibility index (Phi) is 5.63. The van der Waals surface area contributed by atoms with Gasteiger partial charge in [0.1, 0.15) is 10.9 Å². The summed E-state index contributed by atoms with van der Waals surface area (Å²) in [6, 6.07) is 3.92. The highest BCUT2D eigenvalue weighted by molar-refractivity contribution is 7.89. The summed E-state index contributed by atoms with van der Waals surface area (Å²) in [4.78, 5) is 23.8. The van der Waals surface area contributed by atoms with E-state index in [9.17, 15) is 13.2 Å². The fourth-order valence-electron chi connectivity index (χ4n) is 5.26. The minimum atomic E-state index is -3.40. The van der Waals surface area contributed by atoms with Crippen LogP contribution in [0.5, 0.6) is 0 Å². The number of rotatable bonds is 3. The molecule has 3 aliphatic rings. The molecule has 2 amide bonds. The van der Waals surface area contributed by atoms with E-state index in [1.165, 1.54) is 5.56 Å². The fourth-order valence-corrected chi connectivity index (χ4v) is 7.14. The lowest BCUT2D eigenvalue weighted by atomic mass is 9.90. The van der Waals surface area contributed by atoms with E-state index in [1.54, 1.807) is 20.3 Å². The predicted octanol–water partition coefficient (Wildman–Crippen LogP) is 1.99. The van der Waals surface area contributed by atoms with Crippen molar-refractivity contribution in [2.75, 3.05) is 39.3 Å². The van der Waals surface area contributed by atoms with Gasteiger partial charge in [0.05, 0.1) is 12.2 Å². The van der Waals surface area contributed by atoms with Crippen molar-refractivity contribution in [1.29, 1.82) is 0 Å². The van der Waals surface area contributed by atoms with Crippen molar-refractivity contribution in [2.45, 2.75) is 50.1 Å². The molecule has 5 heterocycles. The molecule has 9 nitrogen and oxygen atoms in total. The van der Waals surface area contributed by atoms with Gasteiger partial charge in [-0.25, -0.2) is 22.5 Å². The van der Waals surface area contributed by atoms with E-state index >= 15 is 0 Å². The summed E-state index contributed by atoms with van der Waals surface area (Å²) in [5, 5.41) is 0.616. The molecule has 0 spiro atoms. The first-order valence-corrected chi connectivity index (χ1v) is 12.9. The summed E-state index contributed by atoms with van der Waals surface area (Å²) in [7, 11) is -3.40. The van der Waals surface area contributed by atoms with Gasteiger partial charge in [0, 0.05) is 57.0 Å². The van der Waals surface area contributed by atoms with Gasteiger partial charge in [0.2, 0.25) is 10.0 Å². The van der Waals surface area contributed by atoms with Crippen LogP contribution in [0.2, 0.25) is 0 Å². The second-order valence-electron chi connectivity index (χ2n) is 9.33. The highest BCUT2D eigenvalue weighted by Gasteiger charge is 2.45. The highest BCUT2D eigenvalue weighted by atomic mass is 32.2. The molecule has 2 aromatic heterocycles. The number of piperidine rings is 1. The number of hydrogen-bond donors (Lipinski definition) is 1. The third-order valence-electron chi connectivity index (χ3n) is 6.97. The Hall–Kier alpha value is -2.17. The van der Waals surface area contributed by atoms with Crippen molar-refractivity contribution in [3.05, 3.63) is 30.1 Å². The topological polar surface area (TPSA) is 98.8 Å². The van der Waals surface area contributed by atoms with Crippen LogP contribution in [0.15, 0.2) is 24.5 Å². The molecule has 174 valence electrons. The van der Waals surface area contributed by atoms with Crippen molar-refractivity contribution >= 4 is 27.1 Å². The summed E-state index contributed by atoms with van der Waals surface area (Å²) < 4.78 is 33.6. The van der Waals surface area contributed by atoms with Crippen molar-refractivity contribution in [1.82, 2.24) is 24.1 Å². The average molecular weight is 462 g/mol.